The van der Waals surface area contributed by atoms with Crippen LogP contribution >= 0.6 is 0 Å². The number of aromatic amines is 1. The number of pyridine rings is 1. The van der Waals surface area contributed by atoms with Crippen molar-refractivity contribution in [2.24, 2.45) is 0 Å². The Balaban J connectivity index is 1.97. The molecule has 22 heavy (non-hydrogen) atoms. The second kappa shape index (κ2) is 5.40. The summed E-state index contributed by atoms with van der Waals surface area (Å²) in [6.07, 6.45) is 0. The van der Waals surface area contributed by atoms with Gasteiger partial charge in [0, 0.05) is 17.1 Å². The third kappa shape index (κ3) is 2.71. The van der Waals surface area contributed by atoms with Gasteiger partial charge in [0.2, 0.25) is 0 Å². The third-order valence-electron chi connectivity index (χ3n) is 3.12. The van der Waals surface area contributed by atoms with Gasteiger partial charge in [-0.3, -0.25) is 9.59 Å². The topological polar surface area (TPSA) is 62.0 Å². The SMILES string of the molecule is O=C(Nc1cc(F)cc(F)c1)c1cc2ccccc2c(=O)[nH]1. The van der Waals surface area contributed by atoms with Crippen molar-refractivity contribution in [2.45, 2.75) is 0 Å². The zero-order valence-electron chi connectivity index (χ0n) is 11.2. The van der Waals surface area contributed by atoms with Crippen LogP contribution in [0.4, 0.5) is 14.5 Å². The molecule has 1 aromatic heterocycles. The number of carbonyl (C=O) groups excluding carboxylic acids is 1. The molecule has 3 aromatic rings. The van der Waals surface area contributed by atoms with E-state index < -0.39 is 23.1 Å². The van der Waals surface area contributed by atoms with Gasteiger partial charge in [-0.25, -0.2) is 8.78 Å². The predicted octanol–water partition coefficient (Wildman–Crippen LogP) is 3.06. The summed E-state index contributed by atoms with van der Waals surface area (Å²) in [7, 11) is 0. The van der Waals surface area contributed by atoms with E-state index in [0.717, 1.165) is 12.1 Å². The minimum Gasteiger partial charge on any atom is -0.321 e. The van der Waals surface area contributed by atoms with Crippen LogP contribution < -0.4 is 10.9 Å². The van der Waals surface area contributed by atoms with Crippen molar-refractivity contribution >= 4 is 22.4 Å². The molecule has 0 saturated carbocycles. The number of halogens is 2. The minimum atomic E-state index is -0.803. The van der Waals surface area contributed by atoms with Gasteiger partial charge in [0.05, 0.1) is 0 Å². The maximum Gasteiger partial charge on any atom is 0.272 e. The van der Waals surface area contributed by atoms with Crippen molar-refractivity contribution in [3.05, 3.63) is 76.2 Å². The maximum absolute atomic E-state index is 13.1. The number of hydrogen-bond acceptors (Lipinski definition) is 2. The summed E-state index contributed by atoms with van der Waals surface area (Å²) in [6.45, 7) is 0. The number of fused-ring (bicyclic) bond motifs is 1. The lowest BCUT2D eigenvalue weighted by atomic mass is 10.1. The normalized spacial score (nSPS) is 10.6. The number of aromatic nitrogens is 1. The van der Waals surface area contributed by atoms with Crippen LogP contribution in [0.25, 0.3) is 10.8 Å². The van der Waals surface area contributed by atoms with E-state index in [1.165, 1.54) is 6.07 Å². The Morgan fingerprint density at radius 3 is 2.41 bits per heavy atom. The van der Waals surface area contributed by atoms with Crippen LogP contribution in [0.1, 0.15) is 10.5 Å². The number of nitrogens with one attached hydrogen (secondary N) is 2. The smallest absolute Gasteiger partial charge is 0.272 e. The van der Waals surface area contributed by atoms with E-state index in [2.05, 4.69) is 10.3 Å². The third-order valence-corrected chi connectivity index (χ3v) is 3.12. The second-order valence-corrected chi connectivity index (χ2v) is 4.71. The van der Waals surface area contributed by atoms with Crippen LogP contribution in [0.15, 0.2) is 53.3 Å². The lowest BCUT2D eigenvalue weighted by molar-refractivity contribution is 0.102. The van der Waals surface area contributed by atoms with Gasteiger partial charge in [0.25, 0.3) is 11.5 Å². The first-order valence-electron chi connectivity index (χ1n) is 6.42. The fraction of sp³-hybridized carbons (Fsp3) is 0. The highest BCUT2D eigenvalue weighted by molar-refractivity contribution is 6.04. The number of anilines is 1. The number of hydrogen-bond donors (Lipinski definition) is 2. The molecule has 0 atom stereocenters. The Morgan fingerprint density at radius 1 is 1.00 bits per heavy atom. The summed E-state index contributed by atoms with van der Waals surface area (Å²) in [6, 6.07) is 11.0. The Morgan fingerprint density at radius 2 is 1.68 bits per heavy atom. The fourth-order valence-corrected chi connectivity index (χ4v) is 2.16. The summed E-state index contributed by atoms with van der Waals surface area (Å²) in [4.78, 5) is 26.5. The van der Waals surface area contributed by atoms with Crippen LogP contribution in [0.2, 0.25) is 0 Å². The van der Waals surface area contributed by atoms with Crippen LogP contribution in [0.5, 0.6) is 0 Å². The Kier molecular flexibility index (Phi) is 3.42. The van der Waals surface area contributed by atoms with E-state index in [0.29, 0.717) is 16.8 Å². The highest BCUT2D eigenvalue weighted by atomic mass is 19.1. The van der Waals surface area contributed by atoms with Crippen molar-refractivity contribution in [2.75, 3.05) is 5.32 Å². The van der Waals surface area contributed by atoms with E-state index in [-0.39, 0.29) is 11.4 Å². The molecule has 0 unspecified atom stereocenters. The second-order valence-electron chi connectivity index (χ2n) is 4.71. The Hall–Kier alpha value is -3.02. The molecule has 0 aliphatic carbocycles. The number of benzene rings is 2. The van der Waals surface area contributed by atoms with Crippen LogP contribution in [0.3, 0.4) is 0 Å². The summed E-state index contributed by atoms with van der Waals surface area (Å²) >= 11 is 0. The van der Waals surface area contributed by atoms with E-state index in [1.54, 1.807) is 24.3 Å². The van der Waals surface area contributed by atoms with Gasteiger partial charge in [-0.05, 0) is 29.7 Å². The molecule has 1 heterocycles. The molecule has 0 aliphatic rings. The molecule has 0 bridgehead atoms. The number of rotatable bonds is 2. The quantitative estimate of drug-likeness (QED) is 0.764. The number of amides is 1. The first-order chi connectivity index (χ1) is 10.5. The average Bonchev–Trinajstić information content (AvgIpc) is 2.46. The van der Waals surface area contributed by atoms with Gasteiger partial charge in [0.1, 0.15) is 17.3 Å². The standard InChI is InChI=1S/C16H10F2N2O2/c17-10-6-11(18)8-12(7-10)19-16(22)14-5-9-3-1-2-4-13(9)15(21)20-14/h1-8H,(H,19,22)(H,20,21). The fourth-order valence-electron chi connectivity index (χ4n) is 2.16. The van der Waals surface area contributed by atoms with Gasteiger partial charge < -0.3 is 10.3 Å². The number of carbonyl (C=O) groups is 1. The lowest BCUT2D eigenvalue weighted by Gasteiger charge is -2.06. The molecular formula is C16H10F2N2O2. The monoisotopic (exact) mass is 300 g/mol. The summed E-state index contributed by atoms with van der Waals surface area (Å²) in [5.41, 5.74) is -0.432. The average molecular weight is 300 g/mol. The van der Waals surface area contributed by atoms with Crippen LogP contribution in [-0.4, -0.2) is 10.9 Å². The summed E-state index contributed by atoms with van der Waals surface area (Å²) < 4.78 is 26.2. The maximum atomic E-state index is 13.1. The largest absolute Gasteiger partial charge is 0.321 e. The summed E-state index contributed by atoms with van der Waals surface area (Å²) in [5, 5.41) is 3.40. The Bertz CT molecular complexity index is 915. The van der Waals surface area contributed by atoms with Crippen molar-refractivity contribution in [1.82, 2.24) is 4.98 Å². The molecular weight excluding hydrogens is 290 g/mol. The first-order valence-corrected chi connectivity index (χ1v) is 6.42. The molecule has 0 fully saturated rings. The molecule has 4 nitrogen and oxygen atoms in total. The van der Waals surface area contributed by atoms with Gasteiger partial charge in [-0.2, -0.15) is 0 Å². The van der Waals surface area contributed by atoms with Crippen LogP contribution in [-0.2, 0) is 0 Å². The molecule has 3 rings (SSSR count). The van der Waals surface area contributed by atoms with E-state index in [1.807, 2.05) is 0 Å². The van der Waals surface area contributed by atoms with Crippen molar-refractivity contribution in [3.8, 4) is 0 Å². The highest BCUT2D eigenvalue weighted by Gasteiger charge is 2.11. The zero-order valence-corrected chi connectivity index (χ0v) is 11.2. The number of H-pyrrole nitrogens is 1. The molecule has 1 amide bonds. The summed E-state index contributed by atoms with van der Waals surface area (Å²) in [5.74, 6) is -2.27. The molecule has 0 aliphatic heterocycles. The Labute approximate surface area is 123 Å². The predicted molar refractivity (Wildman–Crippen MR) is 78.9 cm³/mol. The van der Waals surface area contributed by atoms with Crippen LogP contribution in [0, 0.1) is 11.6 Å². The van der Waals surface area contributed by atoms with Crippen molar-refractivity contribution in [3.63, 3.8) is 0 Å². The molecule has 2 aromatic carbocycles. The molecule has 6 heteroatoms. The van der Waals surface area contributed by atoms with Gasteiger partial charge in [0.15, 0.2) is 0 Å². The lowest BCUT2D eigenvalue weighted by Crippen LogP contribution is -2.19. The van der Waals surface area contributed by atoms with E-state index >= 15 is 0 Å². The first kappa shape index (κ1) is 13.9. The molecule has 0 saturated heterocycles. The van der Waals surface area contributed by atoms with Gasteiger partial charge in [-0.1, -0.05) is 18.2 Å². The highest BCUT2D eigenvalue weighted by Crippen LogP contribution is 2.15. The molecule has 0 spiro atoms. The van der Waals surface area contributed by atoms with Gasteiger partial charge in [-0.15, -0.1) is 0 Å². The van der Waals surface area contributed by atoms with Crippen molar-refractivity contribution in [1.29, 1.82) is 0 Å². The zero-order chi connectivity index (χ0) is 15.7. The molecule has 110 valence electrons. The van der Waals surface area contributed by atoms with E-state index in [4.69, 9.17) is 0 Å². The van der Waals surface area contributed by atoms with Gasteiger partial charge >= 0.3 is 0 Å². The van der Waals surface area contributed by atoms with Crippen molar-refractivity contribution < 1.29 is 13.6 Å². The van der Waals surface area contributed by atoms with E-state index in [9.17, 15) is 18.4 Å². The molecule has 2 N–H and O–H groups in total. The molecule has 0 radical (unpaired) electrons. The minimum absolute atomic E-state index is 0.00775.